The normalized spacial score (nSPS) is 17.3. The number of aryl methyl sites for hydroxylation is 1. The summed E-state index contributed by atoms with van der Waals surface area (Å²) in [7, 11) is 2.21. The molecule has 0 aromatic carbocycles. The Bertz CT molecular complexity index is 527. The van der Waals surface area contributed by atoms with E-state index in [-0.39, 0.29) is 0 Å². The maximum atomic E-state index is 4.71. The van der Waals surface area contributed by atoms with Crippen molar-refractivity contribution in [2.45, 2.75) is 39.7 Å². The summed E-state index contributed by atoms with van der Waals surface area (Å²) in [4.78, 5) is 9.70. The number of hydrogen-bond acceptors (Lipinski definition) is 5. The molecule has 2 heterocycles. The molecule has 1 aromatic heterocycles. The summed E-state index contributed by atoms with van der Waals surface area (Å²) < 4.78 is 2.09. The zero-order valence-electron chi connectivity index (χ0n) is 16.7. The Labute approximate surface area is 158 Å². The van der Waals surface area contributed by atoms with Gasteiger partial charge in [-0.2, -0.15) is 0 Å². The first-order valence-corrected chi connectivity index (χ1v) is 10.0. The standard InChI is InChI=1S/C18H36N8/c1-4-17-23-22-16-26(17)13-9-21-18(19-5-2)20-8-6-11-25-12-7-10-24(3)14-15-25/h16H,4-15H2,1-3H3,(H2,19,20,21). The molecule has 0 bridgehead atoms. The lowest BCUT2D eigenvalue weighted by molar-refractivity contribution is 0.275. The lowest BCUT2D eigenvalue weighted by atomic mass is 10.3. The van der Waals surface area contributed by atoms with Gasteiger partial charge in [-0.15, -0.1) is 10.2 Å². The summed E-state index contributed by atoms with van der Waals surface area (Å²) in [6, 6.07) is 0. The Morgan fingerprint density at radius 2 is 2.04 bits per heavy atom. The van der Waals surface area contributed by atoms with Gasteiger partial charge in [0.25, 0.3) is 0 Å². The highest BCUT2D eigenvalue weighted by atomic mass is 15.3. The Morgan fingerprint density at radius 1 is 1.15 bits per heavy atom. The molecule has 1 aliphatic heterocycles. The molecule has 0 unspecified atom stereocenters. The van der Waals surface area contributed by atoms with Crippen molar-refractivity contribution < 1.29 is 0 Å². The molecular weight excluding hydrogens is 328 g/mol. The van der Waals surface area contributed by atoms with E-state index < -0.39 is 0 Å². The molecule has 26 heavy (non-hydrogen) atoms. The first-order chi connectivity index (χ1) is 12.7. The maximum absolute atomic E-state index is 4.71. The summed E-state index contributed by atoms with van der Waals surface area (Å²) >= 11 is 0. The van der Waals surface area contributed by atoms with Gasteiger partial charge in [-0.25, -0.2) is 0 Å². The molecule has 1 aliphatic rings. The van der Waals surface area contributed by atoms with Crippen molar-refractivity contribution in [1.82, 2.24) is 35.2 Å². The quantitative estimate of drug-likeness (QED) is 0.376. The van der Waals surface area contributed by atoms with Crippen LogP contribution in [0.5, 0.6) is 0 Å². The van der Waals surface area contributed by atoms with E-state index >= 15 is 0 Å². The van der Waals surface area contributed by atoms with E-state index in [1.54, 1.807) is 6.33 Å². The molecule has 0 aliphatic carbocycles. The van der Waals surface area contributed by atoms with E-state index in [1.807, 2.05) is 0 Å². The molecule has 1 fully saturated rings. The highest BCUT2D eigenvalue weighted by Gasteiger charge is 2.11. The molecule has 2 rings (SSSR count). The third-order valence-electron chi connectivity index (χ3n) is 4.72. The summed E-state index contributed by atoms with van der Waals surface area (Å²) in [5, 5.41) is 14.8. The largest absolute Gasteiger partial charge is 0.357 e. The van der Waals surface area contributed by atoms with E-state index in [4.69, 9.17) is 4.99 Å². The van der Waals surface area contributed by atoms with Gasteiger partial charge < -0.3 is 25.0 Å². The molecule has 0 saturated carbocycles. The van der Waals surface area contributed by atoms with Crippen molar-refractivity contribution in [3.8, 4) is 0 Å². The van der Waals surface area contributed by atoms with Gasteiger partial charge in [-0.3, -0.25) is 4.99 Å². The SMILES string of the molecule is CCNC(=NCCCN1CCCN(C)CC1)NCCn1cnnc1CC. The highest BCUT2D eigenvalue weighted by molar-refractivity contribution is 5.79. The van der Waals surface area contributed by atoms with Gasteiger partial charge >= 0.3 is 0 Å². The van der Waals surface area contributed by atoms with Crippen molar-refractivity contribution in [2.75, 3.05) is 59.4 Å². The van der Waals surface area contributed by atoms with Crippen molar-refractivity contribution in [1.29, 1.82) is 0 Å². The van der Waals surface area contributed by atoms with Gasteiger partial charge in [0.15, 0.2) is 5.96 Å². The highest BCUT2D eigenvalue weighted by Crippen LogP contribution is 2.02. The van der Waals surface area contributed by atoms with E-state index in [1.165, 1.54) is 32.6 Å². The third-order valence-corrected chi connectivity index (χ3v) is 4.72. The fourth-order valence-electron chi connectivity index (χ4n) is 3.18. The van der Waals surface area contributed by atoms with E-state index in [2.05, 4.69) is 56.1 Å². The van der Waals surface area contributed by atoms with Gasteiger partial charge in [-0.1, -0.05) is 6.92 Å². The van der Waals surface area contributed by atoms with Gasteiger partial charge in [0.05, 0.1) is 0 Å². The second-order valence-electron chi connectivity index (χ2n) is 6.83. The van der Waals surface area contributed by atoms with Crippen LogP contribution in [0.2, 0.25) is 0 Å². The first-order valence-electron chi connectivity index (χ1n) is 10.0. The molecule has 8 nitrogen and oxygen atoms in total. The Morgan fingerprint density at radius 3 is 2.85 bits per heavy atom. The van der Waals surface area contributed by atoms with Crippen LogP contribution in [-0.4, -0.2) is 89.9 Å². The fourth-order valence-corrected chi connectivity index (χ4v) is 3.18. The number of nitrogens with one attached hydrogen (secondary N) is 2. The molecule has 1 aromatic rings. The van der Waals surface area contributed by atoms with E-state index in [0.717, 1.165) is 57.3 Å². The zero-order valence-corrected chi connectivity index (χ0v) is 16.7. The first kappa shape index (κ1) is 20.6. The van der Waals surface area contributed by atoms with Crippen molar-refractivity contribution in [3.63, 3.8) is 0 Å². The summed E-state index contributed by atoms with van der Waals surface area (Å²) in [6.45, 7) is 13.5. The number of guanidine groups is 1. The van der Waals surface area contributed by atoms with Crippen molar-refractivity contribution in [3.05, 3.63) is 12.2 Å². The molecule has 148 valence electrons. The van der Waals surface area contributed by atoms with Gasteiger partial charge in [0.1, 0.15) is 12.2 Å². The second kappa shape index (κ2) is 11.9. The van der Waals surface area contributed by atoms with E-state index in [0.29, 0.717) is 0 Å². The Kier molecular flexibility index (Phi) is 9.41. The third kappa shape index (κ3) is 7.29. The molecule has 1 saturated heterocycles. The number of likely N-dealkylation sites (N-methyl/N-ethyl adjacent to an activating group) is 1. The number of hydrogen-bond donors (Lipinski definition) is 2. The average molecular weight is 365 g/mol. The van der Waals surface area contributed by atoms with Crippen LogP contribution in [0.4, 0.5) is 0 Å². The van der Waals surface area contributed by atoms with Crippen LogP contribution >= 0.6 is 0 Å². The van der Waals surface area contributed by atoms with Gasteiger partial charge in [0.2, 0.25) is 0 Å². The molecular formula is C18H36N8. The molecule has 0 spiro atoms. The summed E-state index contributed by atoms with van der Waals surface area (Å²) in [5.41, 5.74) is 0. The van der Waals surface area contributed by atoms with Crippen LogP contribution in [0.3, 0.4) is 0 Å². The number of rotatable bonds is 9. The monoisotopic (exact) mass is 364 g/mol. The maximum Gasteiger partial charge on any atom is 0.191 e. The Hall–Kier alpha value is -1.67. The van der Waals surface area contributed by atoms with Gasteiger partial charge in [-0.05, 0) is 46.4 Å². The van der Waals surface area contributed by atoms with E-state index in [9.17, 15) is 0 Å². The van der Waals surface area contributed by atoms with Crippen LogP contribution in [0.25, 0.3) is 0 Å². The minimum absolute atomic E-state index is 0.815. The predicted octanol–water partition coefficient (Wildman–Crippen LogP) is 0.423. The number of aromatic nitrogens is 3. The number of aliphatic imine (C=N–C) groups is 1. The molecule has 0 atom stereocenters. The topological polar surface area (TPSA) is 73.6 Å². The molecule has 2 N–H and O–H groups in total. The van der Waals surface area contributed by atoms with Crippen LogP contribution in [0.15, 0.2) is 11.3 Å². The molecule has 0 amide bonds. The van der Waals surface area contributed by atoms with Crippen molar-refractivity contribution >= 4 is 5.96 Å². The smallest absolute Gasteiger partial charge is 0.191 e. The molecule has 0 radical (unpaired) electrons. The van der Waals surface area contributed by atoms with Crippen LogP contribution in [-0.2, 0) is 13.0 Å². The van der Waals surface area contributed by atoms with Crippen molar-refractivity contribution in [2.24, 2.45) is 4.99 Å². The lowest BCUT2D eigenvalue weighted by Crippen LogP contribution is -2.39. The number of nitrogens with zero attached hydrogens (tertiary/aromatic N) is 6. The predicted molar refractivity (Wildman–Crippen MR) is 107 cm³/mol. The van der Waals surface area contributed by atoms with Crippen LogP contribution in [0, 0.1) is 0 Å². The molecule has 8 heteroatoms. The minimum atomic E-state index is 0.815. The summed E-state index contributed by atoms with van der Waals surface area (Å²) in [5.74, 6) is 1.92. The van der Waals surface area contributed by atoms with Crippen LogP contribution < -0.4 is 10.6 Å². The average Bonchev–Trinajstić information content (AvgIpc) is 2.99. The minimum Gasteiger partial charge on any atom is -0.357 e. The second-order valence-corrected chi connectivity index (χ2v) is 6.83. The lowest BCUT2D eigenvalue weighted by Gasteiger charge is -2.19. The van der Waals surface area contributed by atoms with Gasteiger partial charge in [0, 0.05) is 45.7 Å². The van der Waals surface area contributed by atoms with Crippen LogP contribution in [0.1, 0.15) is 32.5 Å². The summed E-state index contributed by atoms with van der Waals surface area (Å²) in [6.07, 6.45) is 5.07. The Balaban J connectivity index is 1.68. The zero-order chi connectivity index (χ0) is 18.6. The fraction of sp³-hybridized carbons (Fsp3) is 0.833.